The number of amides is 1. The normalized spacial score (nSPS) is 24.8. The van der Waals surface area contributed by atoms with Crippen LogP contribution in [0.5, 0.6) is 5.75 Å². The molecule has 1 unspecified atom stereocenters. The van der Waals surface area contributed by atoms with Crippen molar-refractivity contribution in [3.05, 3.63) is 65.2 Å². The molecule has 0 spiro atoms. The van der Waals surface area contributed by atoms with E-state index in [1.54, 1.807) is 0 Å². The van der Waals surface area contributed by atoms with Crippen molar-refractivity contribution < 1.29 is 28.8 Å². The van der Waals surface area contributed by atoms with Gasteiger partial charge in [0.05, 0.1) is 0 Å². The van der Waals surface area contributed by atoms with E-state index in [0.29, 0.717) is 18.2 Å². The van der Waals surface area contributed by atoms with Crippen molar-refractivity contribution in [1.82, 2.24) is 4.90 Å². The maximum absolute atomic E-state index is 13.2. The fourth-order valence-corrected chi connectivity index (χ4v) is 6.80. The van der Waals surface area contributed by atoms with Crippen molar-refractivity contribution >= 4 is 12.2 Å². The van der Waals surface area contributed by atoms with Crippen LogP contribution in [0, 0.1) is 5.92 Å². The zero-order chi connectivity index (χ0) is 25.8. The summed E-state index contributed by atoms with van der Waals surface area (Å²) in [7, 11) is 0. The third kappa shape index (κ3) is 5.27. The first-order valence-corrected chi connectivity index (χ1v) is 13.7. The first kappa shape index (κ1) is 25.4. The minimum absolute atomic E-state index is 0.00221. The molecule has 7 nitrogen and oxygen atoms in total. The first-order valence-electron chi connectivity index (χ1n) is 13.7. The SMILES string of the molecule is CCCC(C)OC(=O)OOc1ccc2c(c1)[C@@]13CCCC[C@H]1[C@@H](C2)N(C(=O)OCc1ccccc1)CC3. The molecule has 1 amide bonds. The van der Waals surface area contributed by atoms with Crippen LogP contribution < -0.4 is 4.89 Å². The van der Waals surface area contributed by atoms with Gasteiger partial charge in [0.15, 0.2) is 5.75 Å². The zero-order valence-electron chi connectivity index (χ0n) is 21.8. The van der Waals surface area contributed by atoms with Crippen LogP contribution in [0.15, 0.2) is 48.5 Å². The second-order valence-electron chi connectivity index (χ2n) is 10.7. The lowest BCUT2D eigenvalue weighted by atomic mass is 9.52. The monoisotopic (exact) mass is 507 g/mol. The predicted molar refractivity (Wildman–Crippen MR) is 138 cm³/mol. The molecule has 1 aliphatic heterocycles. The molecule has 4 atom stereocenters. The van der Waals surface area contributed by atoms with Crippen LogP contribution in [0.1, 0.15) is 75.5 Å². The van der Waals surface area contributed by atoms with Crippen molar-refractivity contribution in [1.29, 1.82) is 0 Å². The Hall–Kier alpha value is -3.22. The molecule has 2 fully saturated rings. The molecule has 2 aliphatic carbocycles. The van der Waals surface area contributed by atoms with Gasteiger partial charge in [-0.1, -0.05) is 62.6 Å². The molecule has 1 heterocycles. The number of nitrogens with zero attached hydrogens (tertiary/aromatic N) is 1. The molecule has 0 N–H and O–H groups in total. The molecule has 0 aromatic heterocycles. The van der Waals surface area contributed by atoms with Crippen LogP contribution in [-0.4, -0.2) is 35.8 Å². The van der Waals surface area contributed by atoms with E-state index in [1.807, 2.05) is 61.2 Å². The minimum atomic E-state index is -0.824. The highest BCUT2D eigenvalue weighted by Gasteiger charge is 2.55. The number of likely N-dealkylation sites (tertiary alicyclic amines) is 1. The quantitative estimate of drug-likeness (QED) is 0.235. The highest BCUT2D eigenvalue weighted by atomic mass is 17.2. The molecule has 0 radical (unpaired) electrons. The van der Waals surface area contributed by atoms with Gasteiger partial charge in [0.2, 0.25) is 0 Å². The van der Waals surface area contributed by atoms with E-state index in [1.165, 1.54) is 24.0 Å². The Labute approximate surface area is 219 Å². The molecule has 2 aromatic rings. The fraction of sp³-hybridized carbons (Fsp3) is 0.533. The Morgan fingerprint density at radius 1 is 1.11 bits per heavy atom. The lowest BCUT2D eigenvalue weighted by Gasteiger charge is -2.58. The standard InChI is InChI=1S/C30H37NO6/c1-3-9-21(2)35-29(33)37-36-24-14-13-23-18-27-25-12-7-8-15-30(25,26(23)19-24)16-17-31(27)28(32)34-20-22-10-5-4-6-11-22/h4-6,10-11,13-14,19,21,25,27H,3,7-9,12,15-18,20H2,1-2H3/t21?,25-,27+,30+/m0/s1. The number of hydrogen-bond donors (Lipinski definition) is 0. The van der Waals surface area contributed by atoms with Gasteiger partial charge in [0.1, 0.15) is 12.7 Å². The van der Waals surface area contributed by atoms with Gasteiger partial charge in [-0.3, -0.25) is 4.89 Å². The number of rotatable bonds is 7. The number of hydrogen-bond acceptors (Lipinski definition) is 6. The highest BCUT2D eigenvalue weighted by molar-refractivity contribution is 5.69. The molecule has 37 heavy (non-hydrogen) atoms. The van der Waals surface area contributed by atoms with Gasteiger partial charge in [-0.15, -0.1) is 0 Å². The summed E-state index contributed by atoms with van der Waals surface area (Å²) in [5.41, 5.74) is 3.50. The summed E-state index contributed by atoms with van der Waals surface area (Å²) in [6.45, 7) is 4.84. The van der Waals surface area contributed by atoms with Gasteiger partial charge in [-0.25, -0.2) is 9.68 Å². The maximum Gasteiger partial charge on any atom is 0.550 e. The summed E-state index contributed by atoms with van der Waals surface area (Å²) in [4.78, 5) is 37.5. The molecule has 7 heteroatoms. The highest BCUT2D eigenvalue weighted by Crippen LogP contribution is 2.56. The zero-order valence-corrected chi connectivity index (χ0v) is 21.8. The van der Waals surface area contributed by atoms with Crippen LogP contribution in [0.2, 0.25) is 0 Å². The first-order chi connectivity index (χ1) is 18.0. The molecular formula is C30H37NO6. The summed E-state index contributed by atoms with van der Waals surface area (Å²) < 4.78 is 11.0. The van der Waals surface area contributed by atoms with Crippen LogP contribution in [0.3, 0.4) is 0 Å². The summed E-state index contributed by atoms with van der Waals surface area (Å²) in [5, 5.41) is 0. The lowest BCUT2D eigenvalue weighted by molar-refractivity contribution is -0.173. The number of fused-ring (bicyclic) bond motifs is 1. The third-order valence-electron chi connectivity index (χ3n) is 8.45. The number of carbonyl (C=O) groups is 2. The van der Waals surface area contributed by atoms with Gasteiger partial charge in [-0.05, 0) is 73.8 Å². The van der Waals surface area contributed by atoms with Crippen molar-refractivity contribution in [2.45, 2.75) is 89.4 Å². The average molecular weight is 508 g/mol. The van der Waals surface area contributed by atoms with Crippen LogP contribution in [-0.2, 0) is 32.8 Å². The number of ether oxygens (including phenoxy) is 2. The summed E-state index contributed by atoms with van der Waals surface area (Å²) in [5.74, 6) is 0.878. The van der Waals surface area contributed by atoms with E-state index in [4.69, 9.17) is 19.2 Å². The summed E-state index contributed by atoms with van der Waals surface area (Å²) in [6.07, 6.45) is 6.65. The number of carbonyl (C=O) groups excluding carboxylic acids is 2. The van der Waals surface area contributed by atoms with E-state index >= 15 is 0 Å². The Bertz CT molecular complexity index is 1100. The van der Waals surface area contributed by atoms with Gasteiger partial charge in [-0.2, -0.15) is 4.79 Å². The Balaban J connectivity index is 1.30. The molecule has 3 aliphatic rings. The molecule has 2 aromatic carbocycles. The molecule has 198 valence electrons. The minimum Gasteiger partial charge on any atom is -0.445 e. The molecule has 2 bridgehead atoms. The van der Waals surface area contributed by atoms with E-state index in [9.17, 15) is 9.59 Å². The summed E-state index contributed by atoms with van der Waals surface area (Å²) >= 11 is 0. The van der Waals surface area contributed by atoms with Crippen molar-refractivity contribution in [2.75, 3.05) is 6.54 Å². The average Bonchev–Trinajstić information content (AvgIpc) is 2.91. The Morgan fingerprint density at radius 2 is 1.95 bits per heavy atom. The largest absolute Gasteiger partial charge is 0.550 e. The Morgan fingerprint density at radius 3 is 2.76 bits per heavy atom. The van der Waals surface area contributed by atoms with Crippen LogP contribution in [0.25, 0.3) is 0 Å². The van der Waals surface area contributed by atoms with Gasteiger partial charge < -0.3 is 14.4 Å². The lowest BCUT2D eigenvalue weighted by Crippen LogP contribution is -2.62. The molecule has 5 rings (SSSR count). The topological polar surface area (TPSA) is 74.3 Å². The van der Waals surface area contributed by atoms with E-state index < -0.39 is 6.16 Å². The van der Waals surface area contributed by atoms with Crippen LogP contribution in [0.4, 0.5) is 9.59 Å². The maximum atomic E-state index is 13.2. The van der Waals surface area contributed by atoms with Gasteiger partial charge >= 0.3 is 12.2 Å². The predicted octanol–water partition coefficient (Wildman–Crippen LogP) is 6.72. The number of benzene rings is 2. The van der Waals surface area contributed by atoms with Gasteiger partial charge in [0, 0.05) is 18.0 Å². The molecule has 1 saturated carbocycles. The number of piperidine rings is 1. The summed E-state index contributed by atoms with van der Waals surface area (Å²) in [6, 6.07) is 15.9. The smallest absolute Gasteiger partial charge is 0.445 e. The molecular weight excluding hydrogens is 470 g/mol. The van der Waals surface area contributed by atoms with Crippen molar-refractivity contribution in [3.63, 3.8) is 0 Å². The van der Waals surface area contributed by atoms with Crippen molar-refractivity contribution in [3.8, 4) is 5.75 Å². The third-order valence-corrected chi connectivity index (χ3v) is 8.45. The van der Waals surface area contributed by atoms with E-state index in [0.717, 1.165) is 44.1 Å². The Kier molecular flexibility index (Phi) is 7.58. The second-order valence-corrected chi connectivity index (χ2v) is 10.7. The van der Waals surface area contributed by atoms with E-state index in [-0.39, 0.29) is 30.3 Å². The molecule has 1 saturated heterocycles. The van der Waals surface area contributed by atoms with E-state index in [2.05, 4.69) is 6.07 Å². The fourth-order valence-electron chi connectivity index (χ4n) is 6.80. The van der Waals surface area contributed by atoms with Crippen LogP contribution >= 0.6 is 0 Å². The second kappa shape index (κ2) is 11.0. The van der Waals surface area contributed by atoms with Gasteiger partial charge in [0.25, 0.3) is 0 Å². The van der Waals surface area contributed by atoms with Crippen molar-refractivity contribution in [2.24, 2.45) is 5.92 Å².